The monoisotopic (exact) mass is 376 g/mol. The molecular weight excluding hydrogens is 355 g/mol. The molecule has 5 nitrogen and oxygen atoms in total. The minimum Gasteiger partial charge on any atom is -0.352 e. The first-order valence-electron chi connectivity index (χ1n) is 8.59. The molecular formula is C19H21FN2O3S. The van der Waals surface area contributed by atoms with Crippen LogP contribution in [0.4, 0.5) is 10.1 Å². The number of nitrogens with one attached hydrogen (secondary N) is 1. The number of benzene rings is 2. The van der Waals surface area contributed by atoms with E-state index < -0.39 is 10.0 Å². The summed E-state index contributed by atoms with van der Waals surface area (Å²) in [5.74, 6) is -0.340. The largest absolute Gasteiger partial charge is 0.352 e. The van der Waals surface area contributed by atoms with Gasteiger partial charge >= 0.3 is 0 Å². The summed E-state index contributed by atoms with van der Waals surface area (Å²) < 4.78 is 38.5. The smallest absolute Gasteiger partial charge is 0.251 e. The molecule has 0 bridgehead atoms. The first-order valence-corrected chi connectivity index (χ1v) is 10.2. The third-order valence-corrected chi connectivity index (χ3v) is 6.25. The van der Waals surface area contributed by atoms with Crippen molar-refractivity contribution in [3.63, 3.8) is 0 Å². The van der Waals surface area contributed by atoms with Gasteiger partial charge in [-0.2, -0.15) is 0 Å². The Labute approximate surface area is 152 Å². The molecule has 3 rings (SSSR count). The molecule has 26 heavy (non-hydrogen) atoms. The Hall–Kier alpha value is -2.41. The van der Waals surface area contributed by atoms with Crippen molar-refractivity contribution in [3.05, 3.63) is 65.5 Å². The summed E-state index contributed by atoms with van der Waals surface area (Å²) in [7, 11) is -3.25. The number of sulfonamides is 1. The van der Waals surface area contributed by atoms with Crippen LogP contribution in [0.15, 0.2) is 48.5 Å². The number of carbonyl (C=O) groups is 1. The number of amides is 1. The fraction of sp³-hybridized carbons (Fsp3) is 0.316. The van der Waals surface area contributed by atoms with Gasteiger partial charge in [-0.3, -0.25) is 9.10 Å². The normalized spacial score (nSPS) is 16.3. The van der Waals surface area contributed by atoms with Crippen LogP contribution in [0.3, 0.4) is 0 Å². The number of rotatable bonds is 5. The van der Waals surface area contributed by atoms with Gasteiger partial charge in [0.05, 0.1) is 11.4 Å². The van der Waals surface area contributed by atoms with Crippen molar-refractivity contribution in [2.75, 3.05) is 23.1 Å². The van der Waals surface area contributed by atoms with E-state index in [4.69, 9.17) is 0 Å². The standard InChI is InChI=1S/C19H21FN2O3S/c20-17-7-3-15(4-8-17)11-12-21-19(23)16-5-9-18(10-6-16)22-13-1-2-14-26(22,24)25/h3-10H,1-2,11-14H2,(H,21,23). The molecule has 1 aliphatic heterocycles. The third-order valence-electron chi connectivity index (χ3n) is 4.38. The zero-order valence-electron chi connectivity index (χ0n) is 14.3. The van der Waals surface area contributed by atoms with E-state index in [-0.39, 0.29) is 17.5 Å². The summed E-state index contributed by atoms with van der Waals surface area (Å²) in [6.45, 7) is 0.915. The highest BCUT2D eigenvalue weighted by Gasteiger charge is 2.25. The molecule has 2 aromatic carbocycles. The second kappa shape index (κ2) is 7.86. The van der Waals surface area contributed by atoms with Gasteiger partial charge in [0.25, 0.3) is 5.91 Å². The van der Waals surface area contributed by atoms with Gasteiger partial charge in [-0.1, -0.05) is 12.1 Å². The molecule has 7 heteroatoms. The lowest BCUT2D eigenvalue weighted by atomic mass is 10.1. The van der Waals surface area contributed by atoms with Crippen LogP contribution in [0.1, 0.15) is 28.8 Å². The van der Waals surface area contributed by atoms with Crippen molar-refractivity contribution in [2.24, 2.45) is 0 Å². The molecule has 1 amide bonds. The molecule has 1 aliphatic rings. The summed E-state index contributed by atoms with van der Waals surface area (Å²) >= 11 is 0. The topological polar surface area (TPSA) is 66.5 Å². The Morgan fingerprint density at radius 1 is 1.04 bits per heavy atom. The summed E-state index contributed by atoms with van der Waals surface area (Å²) in [5.41, 5.74) is 2.01. The van der Waals surface area contributed by atoms with E-state index >= 15 is 0 Å². The quantitative estimate of drug-likeness (QED) is 0.873. The Bertz CT molecular complexity index is 865. The average Bonchev–Trinajstić information content (AvgIpc) is 2.63. The Morgan fingerprint density at radius 2 is 1.73 bits per heavy atom. The lowest BCUT2D eigenvalue weighted by molar-refractivity contribution is 0.0954. The van der Waals surface area contributed by atoms with Crippen molar-refractivity contribution in [1.29, 1.82) is 0 Å². The third kappa shape index (κ3) is 4.40. The van der Waals surface area contributed by atoms with Crippen LogP contribution in [0.5, 0.6) is 0 Å². The van der Waals surface area contributed by atoms with Crippen molar-refractivity contribution < 1.29 is 17.6 Å². The number of anilines is 1. The lowest BCUT2D eigenvalue weighted by Gasteiger charge is -2.28. The van der Waals surface area contributed by atoms with Crippen LogP contribution in [-0.2, 0) is 16.4 Å². The van der Waals surface area contributed by atoms with Gasteiger partial charge in [-0.25, -0.2) is 12.8 Å². The Balaban J connectivity index is 1.57. The molecule has 0 atom stereocenters. The molecule has 1 N–H and O–H groups in total. The van der Waals surface area contributed by atoms with Crippen LogP contribution in [0, 0.1) is 5.82 Å². The van der Waals surface area contributed by atoms with Gasteiger partial charge in [0.2, 0.25) is 10.0 Å². The van der Waals surface area contributed by atoms with Crippen LogP contribution in [0.2, 0.25) is 0 Å². The minimum atomic E-state index is -3.25. The molecule has 2 aromatic rings. The Kier molecular flexibility index (Phi) is 5.56. The maximum atomic E-state index is 12.9. The maximum Gasteiger partial charge on any atom is 0.251 e. The first kappa shape index (κ1) is 18.4. The second-order valence-electron chi connectivity index (χ2n) is 6.27. The summed E-state index contributed by atoms with van der Waals surface area (Å²) in [6.07, 6.45) is 2.13. The van der Waals surface area contributed by atoms with Gasteiger partial charge in [-0.15, -0.1) is 0 Å². The van der Waals surface area contributed by atoms with E-state index in [0.717, 1.165) is 12.0 Å². The van der Waals surface area contributed by atoms with Crippen LogP contribution in [-0.4, -0.2) is 33.2 Å². The molecule has 1 saturated heterocycles. The number of hydrogen-bond acceptors (Lipinski definition) is 3. The molecule has 1 heterocycles. The molecule has 0 spiro atoms. The maximum absolute atomic E-state index is 12.9. The van der Waals surface area contributed by atoms with Crippen molar-refractivity contribution in [1.82, 2.24) is 5.32 Å². The van der Waals surface area contributed by atoms with E-state index in [1.165, 1.54) is 16.4 Å². The van der Waals surface area contributed by atoms with Crippen LogP contribution in [0.25, 0.3) is 0 Å². The van der Waals surface area contributed by atoms with Crippen LogP contribution >= 0.6 is 0 Å². The van der Waals surface area contributed by atoms with Crippen LogP contribution < -0.4 is 9.62 Å². The molecule has 0 aliphatic carbocycles. The number of carbonyl (C=O) groups excluding carboxylic acids is 1. The van der Waals surface area contributed by atoms with E-state index in [0.29, 0.717) is 37.2 Å². The molecule has 1 fully saturated rings. The van der Waals surface area contributed by atoms with Gasteiger partial charge < -0.3 is 5.32 Å². The van der Waals surface area contributed by atoms with Gasteiger partial charge in [0, 0.05) is 18.7 Å². The fourth-order valence-electron chi connectivity index (χ4n) is 2.93. The lowest BCUT2D eigenvalue weighted by Crippen LogP contribution is -2.37. The van der Waals surface area contributed by atoms with E-state index in [1.807, 2.05) is 0 Å². The van der Waals surface area contributed by atoms with Gasteiger partial charge in [0.15, 0.2) is 0 Å². The highest BCUT2D eigenvalue weighted by molar-refractivity contribution is 7.92. The first-order chi connectivity index (χ1) is 12.5. The molecule has 0 saturated carbocycles. The summed E-state index contributed by atoms with van der Waals surface area (Å²) in [4.78, 5) is 12.2. The number of halogens is 1. The highest BCUT2D eigenvalue weighted by Crippen LogP contribution is 2.23. The van der Waals surface area contributed by atoms with E-state index in [1.54, 1.807) is 36.4 Å². The van der Waals surface area contributed by atoms with Gasteiger partial charge in [0.1, 0.15) is 5.82 Å². The predicted molar refractivity (Wildman–Crippen MR) is 99.2 cm³/mol. The number of hydrogen-bond donors (Lipinski definition) is 1. The average molecular weight is 376 g/mol. The van der Waals surface area contributed by atoms with E-state index in [2.05, 4.69) is 5.32 Å². The van der Waals surface area contributed by atoms with Crippen molar-refractivity contribution >= 4 is 21.6 Å². The van der Waals surface area contributed by atoms with E-state index in [9.17, 15) is 17.6 Å². The number of nitrogens with zero attached hydrogens (tertiary/aromatic N) is 1. The summed E-state index contributed by atoms with van der Waals surface area (Å²) in [5, 5.41) is 2.81. The highest BCUT2D eigenvalue weighted by atomic mass is 32.2. The minimum absolute atomic E-state index is 0.165. The SMILES string of the molecule is O=C(NCCc1ccc(F)cc1)c1ccc(N2CCCCS2(=O)=O)cc1. The molecule has 138 valence electrons. The molecule has 0 radical (unpaired) electrons. The fourth-order valence-corrected chi connectivity index (χ4v) is 4.57. The van der Waals surface area contributed by atoms with Crippen molar-refractivity contribution in [2.45, 2.75) is 19.3 Å². The molecule has 0 aromatic heterocycles. The zero-order valence-corrected chi connectivity index (χ0v) is 15.1. The summed E-state index contributed by atoms with van der Waals surface area (Å²) in [6, 6.07) is 12.8. The Morgan fingerprint density at radius 3 is 2.38 bits per heavy atom. The van der Waals surface area contributed by atoms with Gasteiger partial charge in [-0.05, 0) is 61.2 Å². The molecule has 0 unspecified atom stereocenters. The zero-order chi connectivity index (χ0) is 18.6. The van der Waals surface area contributed by atoms with Crippen molar-refractivity contribution in [3.8, 4) is 0 Å². The second-order valence-corrected chi connectivity index (χ2v) is 8.29. The predicted octanol–water partition coefficient (Wildman–Crippen LogP) is 2.73.